The van der Waals surface area contributed by atoms with Crippen LogP contribution in [0, 0.1) is 10.1 Å². The summed E-state index contributed by atoms with van der Waals surface area (Å²) < 4.78 is 32.0. The standard InChI is InChI=1S/C22H21N3O6S/c1-24(15-17-7-3-2-4-8-17)32(29,30)19-13-11-18(12-14-19)23-22(26)16-31-21-10-6-5-9-20(21)25(27)28/h2-14H,15-16H2,1H3,(H,23,26). The van der Waals surface area contributed by atoms with Gasteiger partial charge >= 0.3 is 5.69 Å². The summed E-state index contributed by atoms with van der Waals surface area (Å²) >= 11 is 0. The second-order valence-electron chi connectivity index (χ2n) is 6.83. The fourth-order valence-electron chi connectivity index (χ4n) is 2.89. The van der Waals surface area contributed by atoms with E-state index in [9.17, 15) is 23.3 Å². The number of sulfonamides is 1. The first-order chi connectivity index (χ1) is 15.3. The summed E-state index contributed by atoms with van der Waals surface area (Å²) in [6.07, 6.45) is 0. The zero-order chi connectivity index (χ0) is 23.1. The number of nitrogens with one attached hydrogen (secondary N) is 1. The minimum Gasteiger partial charge on any atom is -0.477 e. The van der Waals surface area contributed by atoms with E-state index in [1.165, 1.54) is 53.8 Å². The van der Waals surface area contributed by atoms with Crippen molar-refractivity contribution in [2.45, 2.75) is 11.4 Å². The van der Waals surface area contributed by atoms with Crippen LogP contribution in [0.25, 0.3) is 0 Å². The number of benzene rings is 3. The normalized spacial score (nSPS) is 11.2. The molecule has 0 aliphatic carbocycles. The van der Waals surface area contributed by atoms with E-state index in [0.29, 0.717) is 5.69 Å². The number of hydrogen-bond acceptors (Lipinski definition) is 6. The molecule has 3 aromatic carbocycles. The number of anilines is 1. The van der Waals surface area contributed by atoms with E-state index in [4.69, 9.17) is 4.74 Å². The highest BCUT2D eigenvalue weighted by atomic mass is 32.2. The monoisotopic (exact) mass is 455 g/mol. The molecular weight excluding hydrogens is 434 g/mol. The van der Waals surface area contributed by atoms with E-state index in [1.807, 2.05) is 30.3 Å². The van der Waals surface area contributed by atoms with Gasteiger partial charge in [0.05, 0.1) is 9.82 Å². The third-order valence-electron chi connectivity index (χ3n) is 4.52. The van der Waals surface area contributed by atoms with Crippen LogP contribution < -0.4 is 10.1 Å². The molecule has 0 radical (unpaired) electrons. The predicted molar refractivity (Wildman–Crippen MR) is 119 cm³/mol. The van der Waals surface area contributed by atoms with Crippen LogP contribution in [0.15, 0.2) is 83.8 Å². The summed E-state index contributed by atoms with van der Waals surface area (Å²) in [5.41, 5.74) is 0.987. The zero-order valence-corrected chi connectivity index (χ0v) is 18.0. The van der Waals surface area contributed by atoms with E-state index in [-0.39, 0.29) is 22.9 Å². The van der Waals surface area contributed by atoms with Crippen LogP contribution in [0.5, 0.6) is 5.75 Å². The molecule has 166 valence electrons. The molecule has 0 saturated heterocycles. The van der Waals surface area contributed by atoms with Crippen molar-refractivity contribution in [3.05, 3.63) is 94.5 Å². The van der Waals surface area contributed by atoms with Crippen molar-refractivity contribution in [2.75, 3.05) is 19.0 Å². The molecule has 3 rings (SSSR count). The van der Waals surface area contributed by atoms with Crippen LogP contribution in [-0.2, 0) is 21.4 Å². The Hall–Kier alpha value is -3.76. The van der Waals surface area contributed by atoms with Gasteiger partial charge in [0.15, 0.2) is 12.4 Å². The van der Waals surface area contributed by atoms with E-state index >= 15 is 0 Å². The second kappa shape index (κ2) is 10.0. The van der Waals surface area contributed by atoms with Gasteiger partial charge in [-0.25, -0.2) is 8.42 Å². The first kappa shape index (κ1) is 22.9. The van der Waals surface area contributed by atoms with Gasteiger partial charge in [0.1, 0.15) is 0 Å². The number of ether oxygens (including phenoxy) is 1. The highest BCUT2D eigenvalue weighted by Gasteiger charge is 2.21. The Bertz CT molecular complexity index is 1200. The van der Waals surface area contributed by atoms with Crippen molar-refractivity contribution in [3.63, 3.8) is 0 Å². The summed E-state index contributed by atoms with van der Waals surface area (Å²) in [5.74, 6) is -0.560. The molecule has 3 aromatic rings. The Balaban J connectivity index is 1.60. The van der Waals surface area contributed by atoms with Crippen molar-refractivity contribution in [1.82, 2.24) is 4.31 Å². The first-order valence-corrected chi connectivity index (χ1v) is 11.0. The molecular formula is C22H21N3O6S. The number of nitro benzene ring substituents is 1. The van der Waals surface area contributed by atoms with Crippen LogP contribution >= 0.6 is 0 Å². The molecule has 0 aliphatic heterocycles. The molecule has 0 unspecified atom stereocenters. The van der Waals surface area contributed by atoms with Gasteiger partial charge in [-0.15, -0.1) is 0 Å². The van der Waals surface area contributed by atoms with Crippen molar-refractivity contribution in [3.8, 4) is 5.75 Å². The topological polar surface area (TPSA) is 119 Å². The fraction of sp³-hybridized carbons (Fsp3) is 0.136. The number of carbonyl (C=O) groups excluding carboxylic acids is 1. The molecule has 0 aromatic heterocycles. The molecule has 0 atom stereocenters. The first-order valence-electron chi connectivity index (χ1n) is 9.54. The maximum atomic E-state index is 12.8. The highest BCUT2D eigenvalue weighted by molar-refractivity contribution is 7.89. The molecule has 1 N–H and O–H groups in total. The zero-order valence-electron chi connectivity index (χ0n) is 17.2. The number of rotatable bonds is 9. The number of hydrogen-bond donors (Lipinski definition) is 1. The average molecular weight is 455 g/mol. The molecule has 10 heteroatoms. The quantitative estimate of drug-likeness (QED) is 0.390. The molecule has 0 fully saturated rings. The Morgan fingerprint density at radius 3 is 2.28 bits per heavy atom. The summed E-state index contributed by atoms with van der Waals surface area (Å²) in [7, 11) is -2.21. The van der Waals surface area contributed by atoms with Crippen LogP contribution in [0.4, 0.5) is 11.4 Å². The minimum absolute atomic E-state index is 0.0180. The number of nitrogens with zero attached hydrogens (tertiary/aromatic N) is 2. The smallest absolute Gasteiger partial charge is 0.310 e. The largest absolute Gasteiger partial charge is 0.477 e. The maximum Gasteiger partial charge on any atom is 0.310 e. The van der Waals surface area contributed by atoms with Crippen LogP contribution in [0.2, 0.25) is 0 Å². The van der Waals surface area contributed by atoms with Crippen molar-refractivity contribution >= 4 is 27.3 Å². The van der Waals surface area contributed by atoms with E-state index < -0.39 is 27.5 Å². The second-order valence-corrected chi connectivity index (χ2v) is 8.88. The number of nitro groups is 1. The van der Waals surface area contributed by atoms with Gasteiger partial charge in [0, 0.05) is 25.3 Å². The van der Waals surface area contributed by atoms with Gasteiger partial charge in [-0.2, -0.15) is 4.31 Å². The van der Waals surface area contributed by atoms with Crippen molar-refractivity contribution < 1.29 is 22.9 Å². The van der Waals surface area contributed by atoms with Gasteiger partial charge in [-0.3, -0.25) is 14.9 Å². The molecule has 0 aliphatic rings. The predicted octanol–water partition coefficient (Wildman–Crippen LogP) is 3.43. The van der Waals surface area contributed by atoms with Crippen molar-refractivity contribution in [2.24, 2.45) is 0 Å². The number of amides is 1. The molecule has 0 bridgehead atoms. The number of carbonyl (C=O) groups is 1. The summed E-state index contributed by atoms with van der Waals surface area (Å²) in [6, 6.07) is 20.7. The Morgan fingerprint density at radius 2 is 1.62 bits per heavy atom. The Morgan fingerprint density at radius 1 is 1.00 bits per heavy atom. The summed E-state index contributed by atoms with van der Waals surface area (Å²) in [4.78, 5) is 22.6. The average Bonchev–Trinajstić information content (AvgIpc) is 2.79. The molecule has 32 heavy (non-hydrogen) atoms. The van der Waals surface area contributed by atoms with Gasteiger partial charge in [0.2, 0.25) is 10.0 Å². The third kappa shape index (κ3) is 5.68. The SMILES string of the molecule is CN(Cc1ccccc1)S(=O)(=O)c1ccc(NC(=O)COc2ccccc2[N+](=O)[O-])cc1. The summed E-state index contributed by atoms with van der Waals surface area (Å²) in [6.45, 7) is -0.213. The molecule has 9 nitrogen and oxygen atoms in total. The Labute approximate surface area is 185 Å². The van der Waals surface area contributed by atoms with Crippen LogP contribution in [0.3, 0.4) is 0 Å². The lowest BCUT2D eigenvalue weighted by atomic mass is 10.2. The van der Waals surface area contributed by atoms with Crippen LogP contribution in [-0.4, -0.2) is 37.2 Å². The lowest BCUT2D eigenvalue weighted by Crippen LogP contribution is -2.26. The van der Waals surface area contributed by atoms with Crippen molar-refractivity contribution in [1.29, 1.82) is 0 Å². The van der Waals surface area contributed by atoms with E-state index in [1.54, 1.807) is 6.07 Å². The van der Waals surface area contributed by atoms with Gasteiger partial charge in [0.25, 0.3) is 5.91 Å². The minimum atomic E-state index is -3.71. The molecule has 0 spiro atoms. The lowest BCUT2D eigenvalue weighted by molar-refractivity contribution is -0.385. The van der Waals surface area contributed by atoms with E-state index in [2.05, 4.69) is 5.32 Å². The molecule has 1 amide bonds. The van der Waals surface area contributed by atoms with Gasteiger partial charge in [-0.1, -0.05) is 42.5 Å². The Kier molecular flexibility index (Phi) is 7.18. The summed E-state index contributed by atoms with van der Waals surface area (Å²) in [5, 5.41) is 13.6. The molecule has 0 saturated carbocycles. The lowest BCUT2D eigenvalue weighted by Gasteiger charge is -2.17. The third-order valence-corrected chi connectivity index (χ3v) is 6.33. The number of para-hydroxylation sites is 2. The van der Waals surface area contributed by atoms with Gasteiger partial charge < -0.3 is 10.1 Å². The maximum absolute atomic E-state index is 12.8. The van der Waals surface area contributed by atoms with Gasteiger partial charge in [-0.05, 0) is 35.9 Å². The van der Waals surface area contributed by atoms with Crippen LogP contribution in [0.1, 0.15) is 5.56 Å². The highest BCUT2D eigenvalue weighted by Crippen LogP contribution is 2.25. The molecule has 0 heterocycles. The fourth-order valence-corrected chi connectivity index (χ4v) is 4.05. The van der Waals surface area contributed by atoms with E-state index in [0.717, 1.165) is 5.56 Å².